The summed E-state index contributed by atoms with van der Waals surface area (Å²) in [6.45, 7) is 0. The number of carboxylic acids is 1. The smallest absolute Gasteiger partial charge is 0.417 e. The second kappa shape index (κ2) is 14.1. The van der Waals surface area contributed by atoms with Crippen LogP contribution in [0.3, 0.4) is 0 Å². The number of aromatic carboxylic acids is 1. The maximum atomic E-state index is 13.3. The first-order chi connectivity index (χ1) is 22.0. The molecule has 3 aromatic carbocycles. The summed E-state index contributed by atoms with van der Waals surface area (Å²) in [5.41, 5.74) is -0.509. The number of aromatic nitrogens is 1. The molecule has 12 heteroatoms. The minimum atomic E-state index is -4.61. The van der Waals surface area contributed by atoms with Crippen molar-refractivity contribution in [2.24, 2.45) is 0 Å². The zero-order valence-electron chi connectivity index (χ0n) is 24.4. The van der Waals surface area contributed by atoms with Crippen molar-refractivity contribution in [2.45, 2.75) is 50.4 Å². The molecule has 0 unspecified atom stereocenters. The zero-order chi connectivity index (χ0) is 32.7. The van der Waals surface area contributed by atoms with Crippen molar-refractivity contribution in [1.29, 1.82) is 0 Å². The van der Waals surface area contributed by atoms with Gasteiger partial charge in [-0.05, 0) is 79.8 Å². The minimum absolute atomic E-state index is 0.000303. The van der Waals surface area contributed by atoms with Crippen LogP contribution >= 0.6 is 0 Å². The lowest BCUT2D eigenvalue weighted by Crippen LogP contribution is -2.40. The van der Waals surface area contributed by atoms with Crippen LogP contribution in [0, 0.1) is 0 Å². The molecule has 46 heavy (non-hydrogen) atoms. The second-order valence-corrected chi connectivity index (χ2v) is 10.8. The van der Waals surface area contributed by atoms with Crippen molar-refractivity contribution >= 4 is 23.5 Å². The molecule has 0 atom stereocenters. The molecule has 0 radical (unpaired) electrons. The number of rotatable bonds is 10. The number of carbonyl (C=O) groups excluding carboxylic acids is 2. The summed E-state index contributed by atoms with van der Waals surface area (Å²) in [6.07, 6.45) is -0.810. The fourth-order valence-electron chi connectivity index (χ4n) is 5.15. The van der Waals surface area contributed by atoms with Gasteiger partial charge < -0.3 is 25.2 Å². The van der Waals surface area contributed by atoms with Gasteiger partial charge in [0.1, 0.15) is 11.5 Å². The molecule has 1 aromatic heterocycles. The Morgan fingerprint density at radius 1 is 0.826 bits per heavy atom. The predicted molar refractivity (Wildman–Crippen MR) is 162 cm³/mol. The van der Waals surface area contributed by atoms with Crippen LogP contribution in [0.1, 0.15) is 57.5 Å². The van der Waals surface area contributed by atoms with Gasteiger partial charge in [0.25, 0.3) is 5.91 Å². The summed E-state index contributed by atoms with van der Waals surface area (Å²) in [7, 11) is 0. The van der Waals surface area contributed by atoms with Crippen molar-refractivity contribution in [3.05, 3.63) is 113 Å². The van der Waals surface area contributed by atoms with Gasteiger partial charge in [0.2, 0.25) is 11.8 Å². The number of anilines is 1. The summed E-state index contributed by atoms with van der Waals surface area (Å²) in [5.74, 6) is -0.805. The first kappa shape index (κ1) is 32.0. The van der Waals surface area contributed by atoms with E-state index < -0.39 is 23.6 Å². The van der Waals surface area contributed by atoms with Crippen molar-refractivity contribution < 1.29 is 42.1 Å². The van der Waals surface area contributed by atoms with Crippen LogP contribution in [0.25, 0.3) is 0 Å². The summed E-state index contributed by atoms with van der Waals surface area (Å²) >= 11 is 0. The van der Waals surface area contributed by atoms with Crippen LogP contribution < -0.4 is 20.1 Å². The largest absolute Gasteiger partial charge is 0.490 e. The number of hydrogen-bond acceptors (Lipinski definition) is 6. The number of nitrogens with one attached hydrogen (secondary N) is 2. The molecular formula is C34H30F3N3O6. The molecule has 1 aliphatic carbocycles. The Morgan fingerprint density at radius 3 is 2.13 bits per heavy atom. The van der Waals surface area contributed by atoms with Crippen LogP contribution in [0.2, 0.25) is 0 Å². The van der Waals surface area contributed by atoms with Gasteiger partial charge in [-0.1, -0.05) is 30.3 Å². The van der Waals surface area contributed by atoms with Gasteiger partial charge in [-0.2, -0.15) is 13.2 Å². The highest BCUT2D eigenvalue weighted by molar-refractivity contribution is 6.01. The number of hydrogen-bond donors (Lipinski definition) is 3. The van der Waals surface area contributed by atoms with Crippen molar-refractivity contribution in [3.8, 4) is 17.4 Å². The lowest BCUT2D eigenvalue weighted by atomic mass is 9.92. The lowest BCUT2D eigenvalue weighted by molar-refractivity contribution is -0.138. The highest BCUT2D eigenvalue weighted by Crippen LogP contribution is 2.32. The molecule has 238 valence electrons. The molecule has 0 spiro atoms. The minimum Gasteiger partial charge on any atom is -0.490 e. The van der Waals surface area contributed by atoms with E-state index in [1.807, 2.05) is 0 Å². The number of ether oxygens (including phenoxy) is 2. The van der Waals surface area contributed by atoms with Crippen LogP contribution in [-0.2, 0) is 17.4 Å². The highest BCUT2D eigenvalue weighted by atomic mass is 19.4. The number of carboxylic acid groups (broad SMARTS) is 1. The maximum absolute atomic E-state index is 13.3. The maximum Gasteiger partial charge on any atom is 0.417 e. The molecule has 4 aromatic rings. The first-order valence-electron chi connectivity index (χ1n) is 14.5. The average molecular weight is 634 g/mol. The van der Waals surface area contributed by atoms with Gasteiger partial charge >= 0.3 is 12.1 Å². The van der Waals surface area contributed by atoms with Crippen LogP contribution in [-0.4, -0.2) is 40.0 Å². The van der Waals surface area contributed by atoms with E-state index in [0.29, 0.717) is 48.6 Å². The average Bonchev–Trinajstić information content (AvgIpc) is 3.03. The van der Waals surface area contributed by atoms with Crippen LogP contribution in [0.15, 0.2) is 91.1 Å². The highest BCUT2D eigenvalue weighted by Gasteiger charge is 2.35. The Bertz CT molecular complexity index is 1690. The summed E-state index contributed by atoms with van der Waals surface area (Å²) in [6, 6.07) is 20.9. The summed E-state index contributed by atoms with van der Waals surface area (Å²) in [5, 5.41) is 14.6. The van der Waals surface area contributed by atoms with Gasteiger partial charge in [0.05, 0.1) is 34.9 Å². The van der Waals surface area contributed by atoms with Gasteiger partial charge in [0, 0.05) is 18.3 Å². The van der Waals surface area contributed by atoms with Crippen LogP contribution in [0.4, 0.5) is 18.9 Å². The Balaban J connectivity index is 1.07. The number of amides is 2. The van der Waals surface area contributed by atoms with E-state index >= 15 is 0 Å². The fourth-order valence-corrected chi connectivity index (χ4v) is 5.15. The number of benzene rings is 3. The topological polar surface area (TPSA) is 127 Å². The molecule has 0 bridgehead atoms. The monoisotopic (exact) mass is 633 g/mol. The van der Waals surface area contributed by atoms with E-state index in [-0.39, 0.29) is 41.3 Å². The Labute approximate surface area is 262 Å². The predicted octanol–water partition coefficient (Wildman–Crippen LogP) is 6.89. The molecule has 1 fully saturated rings. The van der Waals surface area contributed by atoms with E-state index in [1.165, 1.54) is 36.5 Å². The molecule has 2 amide bonds. The number of halogens is 3. The first-order valence-corrected chi connectivity index (χ1v) is 14.5. The van der Waals surface area contributed by atoms with Gasteiger partial charge in [-0.3, -0.25) is 9.59 Å². The molecule has 5 rings (SSSR count). The Morgan fingerprint density at radius 2 is 1.48 bits per heavy atom. The SMILES string of the molecule is O=C(Cc1ccc(Oc2ccc(OC3CCC(NC(=O)c4ccccc4C(F)(F)F)CC3)cc2)nc1)Nc1ccccc1C(=O)O. The number of nitrogens with zero attached hydrogens (tertiary/aromatic N) is 1. The van der Waals surface area contributed by atoms with E-state index in [0.717, 1.165) is 6.07 Å². The third kappa shape index (κ3) is 8.40. The fraction of sp³-hybridized carbons (Fsp3) is 0.235. The van der Waals surface area contributed by atoms with Crippen molar-refractivity contribution in [3.63, 3.8) is 0 Å². The molecule has 1 heterocycles. The second-order valence-electron chi connectivity index (χ2n) is 10.8. The molecule has 0 saturated heterocycles. The van der Waals surface area contributed by atoms with Gasteiger partial charge in [-0.25, -0.2) is 9.78 Å². The molecule has 1 saturated carbocycles. The Kier molecular flexibility index (Phi) is 9.85. The summed E-state index contributed by atoms with van der Waals surface area (Å²) in [4.78, 5) is 40.6. The van der Waals surface area contributed by atoms with E-state index in [9.17, 15) is 32.7 Å². The van der Waals surface area contributed by atoms with E-state index in [4.69, 9.17) is 9.47 Å². The van der Waals surface area contributed by atoms with Crippen molar-refractivity contribution in [2.75, 3.05) is 5.32 Å². The normalized spacial score (nSPS) is 16.2. The molecule has 1 aliphatic rings. The summed E-state index contributed by atoms with van der Waals surface area (Å²) < 4.78 is 51.7. The number of carbonyl (C=O) groups is 3. The third-order valence-corrected chi connectivity index (χ3v) is 7.43. The quantitative estimate of drug-likeness (QED) is 0.174. The molecule has 0 aliphatic heterocycles. The number of para-hydroxylation sites is 1. The number of alkyl halides is 3. The zero-order valence-corrected chi connectivity index (χ0v) is 24.4. The van der Waals surface area contributed by atoms with Gasteiger partial charge in [-0.15, -0.1) is 0 Å². The van der Waals surface area contributed by atoms with Crippen LogP contribution in [0.5, 0.6) is 17.4 Å². The van der Waals surface area contributed by atoms with E-state index in [1.54, 1.807) is 48.5 Å². The van der Waals surface area contributed by atoms with E-state index in [2.05, 4.69) is 15.6 Å². The van der Waals surface area contributed by atoms with Gasteiger partial charge in [0.15, 0.2) is 0 Å². The molecule has 3 N–H and O–H groups in total. The Hall–Kier alpha value is -5.39. The van der Waals surface area contributed by atoms with Crippen molar-refractivity contribution in [1.82, 2.24) is 10.3 Å². The lowest BCUT2D eigenvalue weighted by Gasteiger charge is -2.29. The third-order valence-electron chi connectivity index (χ3n) is 7.43. The standard InChI is InChI=1S/C34H30F3N3O6/c35-34(36,37)28-7-3-1-5-26(28)32(42)39-22-10-12-23(13-11-22)45-24-14-16-25(17-15-24)46-31-18-9-21(20-38-31)19-30(41)40-29-8-4-2-6-27(29)33(43)44/h1-9,14-18,20,22-23H,10-13,19H2,(H,39,42)(H,40,41)(H,43,44). The number of pyridine rings is 1. The molecule has 9 nitrogen and oxygen atoms in total. The molecular weight excluding hydrogens is 603 g/mol.